The van der Waals surface area contributed by atoms with Crippen LogP contribution in [0.3, 0.4) is 0 Å². The number of carboxylic acid groups (broad SMARTS) is 1. The molecule has 2 unspecified atom stereocenters. The van der Waals surface area contributed by atoms with E-state index in [2.05, 4.69) is 62.5 Å². The van der Waals surface area contributed by atoms with E-state index in [1.54, 1.807) is 0 Å². The monoisotopic (exact) mass is 1230 g/mol. The minimum absolute atomic E-state index is 0.178. The van der Waals surface area contributed by atoms with Crippen molar-refractivity contribution in [2.75, 3.05) is 47.5 Å². The molecule has 0 aliphatic heterocycles. The first-order valence-electron chi connectivity index (χ1n) is 37.8. The van der Waals surface area contributed by atoms with E-state index in [0.717, 1.165) is 51.4 Å². The molecule has 0 bridgehead atoms. The number of hydrogen-bond donors (Lipinski definition) is 1. The van der Waals surface area contributed by atoms with Crippen LogP contribution >= 0.6 is 0 Å². The fourth-order valence-electron chi connectivity index (χ4n) is 11.3. The summed E-state index contributed by atoms with van der Waals surface area (Å²) in [6.07, 6.45) is 86.8. The van der Waals surface area contributed by atoms with E-state index in [-0.39, 0.29) is 38.2 Å². The second-order valence-electron chi connectivity index (χ2n) is 27.0. The first-order chi connectivity index (χ1) is 42.6. The molecule has 1 N–H and O–H groups in total. The van der Waals surface area contributed by atoms with E-state index in [0.29, 0.717) is 17.4 Å². The topological polar surface area (TPSA) is 108 Å². The summed E-state index contributed by atoms with van der Waals surface area (Å²) in [6, 6.07) is 0. The highest BCUT2D eigenvalue weighted by molar-refractivity contribution is 5.71. The van der Waals surface area contributed by atoms with Gasteiger partial charge in [-0.3, -0.25) is 9.59 Å². The molecule has 0 spiro atoms. The molecule has 0 rings (SSSR count). The molecule has 0 radical (unpaired) electrons. The van der Waals surface area contributed by atoms with E-state index >= 15 is 0 Å². The Labute approximate surface area is 540 Å². The summed E-state index contributed by atoms with van der Waals surface area (Å²) in [5, 5.41) is 9.76. The molecule has 0 saturated carbocycles. The number of esters is 2. The predicted molar refractivity (Wildman–Crippen MR) is 374 cm³/mol. The van der Waals surface area contributed by atoms with Gasteiger partial charge in [-0.1, -0.05) is 332 Å². The summed E-state index contributed by atoms with van der Waals surface area (Å²) in [7, 11) is 5.99. The number of unbranched alkanes of at least 4 members (excludes halogenated alkanes) is 48. The lowest BCUT2D eigenvalue weighted by Crippen LogP contribution is -2.40. The molecule has 0 saturated heterocycles. The molecule has 510 valence electrons. The number of nitrogens with zero attached hydrogens (tertiary/aromatic N) is 1. The van der Waals surface area contributed by atoms with Crippen molar-refractivity contribution in [3.8, 4) is 0 Å². The Bertz CT molecular complexity index is 1570. The maximum absolute atomic E-state index is 13.0. The van der Waals surface area contributed by atoms with Crippen LogP contribution in [0.2, 0.25) is 0 Å². The van der Waals surface area contributed by atoms with Crippen LogP contribution in [0.1, 0.15) is 373 Å². The molecular formula is C78H146NO8+. The number of rotatable bonds is 71. The minimum Gasteiger partial charge on any atom is -0.477 e. The van der Waals surface area contributed by atoms with Crippen molar-refractivity contribution in [1.82, 2.24) is 0 Å². The summed E-state index contributed by atoms with van der Waals surface area (Å²) >= 11 is 0. The zero-order valence-corrected chi connectivity index (χ0v) is 58.5. The van der Waals surface area contributed by atoms with Gasteiger partial charge in [-0.2, -0.15) is 0 Å². The summed E-state index contributed by atoms with van der Waals surface area (Å²) in [6.45, 7) is 4.93. The fourth-order valence-corrected chi connectivity index (χ4v) is 11.3. The molecule has 2 atom stereocenters. The zero-order valence-electron chi connectivity index (χ0n) is 58.5. The third-order valence-corrected chi connectivity index (χ3v) is 17.1. The van der Waals surface area contributed by atoms with Gasteiger partial charge in [0.2, 0.25) is 0 Å². The SMILES string of the molecule is CCCCCCC/C=C\C/C=C\C/C=C\CCCCCCCCCCCCCCCCC(=O)OC(COC(=O)CCCCCCCCCCCCCCCCCCCCCCC/C=C\CCCCCCCCCC)COC(OCC[N+](C)(C)C)C(=O)O. The van der Waals surface area contributed by atoms with Crippen LogP contribution in [0.15, 0.2) is 48.6 Å². The third kappa shape index (κ3) is 70.6. The minimum atomic E-state index is -1.51. The Morgan fingerprint density at radius 1 is 0.345 bits per heavy atom. The number of aliphatic carboxylic acids is 1. The fraction of sp³-hybridized carbons (Fsp3) is 0.859. The van der Waals surface area contributed by atoms with Crippen molar-refractivity contribution in [3.05, 3.63) is 48.6 Å². The molecule has 0 aliphatic rings. The second-order valence-corrected chi connectivity index (χ2v) is 27.0. The lowest BCUT2D eigenvalue weighted by Gasteiger charge is -2.25. The van der Waals surface area contributed by atoms with Gasteiger partial charge in [0.1, 0.15) is 13.2 Å². The van der Waals surface area contributed by atoms with Gasteiger partial charge in [0.05, 0.1) is 34.4 Å². The molecule has 0 aliphatic carbocycles. The third-order valence-electron chi connectivity index (χ3n) is 17.1. The summed E-state index contributed by atoms with van der Waals surface area (Å²) in [5.41, 5.74) is 0. The van der Waals surface area contributed by atoms with Crippen molar-refractivity contribution in [3.63, 3.8) is 0 Å². The maximum atomic E-state index is 13.0. The highest BCUT2D eigenvalue weighted by atomic mass is 16.7. The molecule has 0 aromatic rings. The predicted octanol–water partition coefficient (Wildman–Crippen LogP) is 23.7. The molecule has 9 heteroatoms. The standard InChI is InChI=1S/C78H145NO8/c1-6-8-10-12-14-16-18-20-22-24-26-28-30-32-34-36-37-38-39-41-42-44-46-48-50-52-54-56-58-60-62-64-66-68-75(80)85-72-74(73-86-78(77(82)83)84-71-70-79(3,4)5)87-76(81)69-67-65-63-61-59-57-55-53-51-49-47-45-43-40-35-33-31-29-27-25-23-21-19-17-15-13-11-9-7-2/h19,21,24-27,31,33,74,78H,6-18,20,22-23,28-30,32,34-73H2,1-5H3/p+1/b21-19-,26-24-,27-25-,33-31-. The van der Waals surface area contributed by atoms with E-state index in [4.69, 9.17) is 18.9 Å². The normalized spacial score (nSPS) is 12.9. The highest BCUT2D eigenvalue weighted by Crippen LogP contribution is 2.19. The van der Waals surface area contributed by atoms with E-state index in [1.807, 2.05) is 21.1 Å². The lowest BCUT2D eigenvalue weighted by molar-refractivity contribution is -0.870. The Morgan fingerprint density at radius 3 is 0.931 bits per heavy atom. The highest BCUT2D eigenvalue weighted by Gasteiger charge is 2.25. The first-order valence-corrected chi connectivity index (χ1v) is 37.8. The van der Waals surface area contributed by atoms with E-state index in [1.165, 1.54) is 295 Å². The van der Waals surface area contributed by atoms with Crippen LogP contribution in [-0.4, -0.2) is 87.4 Å². The largest absolute Gasteiger partial charge is 0.477 e. The quantitative estimate of drug-likeness (QED) is 0.0211. The molecule has 0 fully saturated rings. The van der Waals surface area contributed by atoms with Gasteiger partial charge in [-0.15, -0.1) is 0 Å². The smallest absolute Gasteiger partial charge is 0.361 e. The molecule has 0 aromatic heterocycles. The molecule has 87 heavy (non-hydrogen) atoms. The number of carbonyl (C=O) groups excluding carboxylic acids is 2. The van der Waals surface area contributed by atoms with Gasteiger partial charge >= 0.3 is 17.9 Å². The number of allylic oxidation sites excluding steroid dienone is 8. The van der Waals surface area contributed by atoms with Gasteiger partial charge in [0.25, 0.3) is 6.29 Å². The van der Waals surface area contributed by atoms with Gasteiger partial charge in [0, 0.05) is 12.8 Å². The maximum Gasteiger partial charge on any atom is 0.361 e. The average Bonchev–Trinajstić information content (AvgIpc) is 3.57. The van der Waals surface area contributed by atoms with Crippen LogP contribution in [0, 0.1) is 0 Å². The lowest BCUT2D eigenvalue weighted by atomic mass is 10.0. The van der Waals surface area contributed by atoms with Crippen molar-refractivity contribution < 1.29 is 42.9 Å². The molecule has 0 heterocycles. The number of ether oxygens (including phenoxy) is 4. The van der Waals surface area contributed by atoms with Crippen molar-refractivity contribution in [2.45, 2.75) is 386 Å². The average molecular weight is 1230 g/mol. The number of hydrogen-bond acceptors (Lipinski definition) is 7. The number of quaternary nitrogens is 1. The summed E-state index contributed by atoms with van der Waals surface area (Å²) in [4.78, 5) is 37.7. The summed E-state index contributed by atoms with van der Waals surface area (Å²) in [5.74, 6) is -1.98. The van der Waals surface area contributed by atoms with Crippen molar-refractivity contribution in [2.24, 2.45) is 0 Å². The molecule has 0 amide bonds. The number of carbonyl (C=O) groups is 3. The Hall–Kier alpha value is -2.75. The van der Waals surface area contributed by atoms with Gasteiger partial charge in [-0.05, 0) is 77.0 Å². The Kier molecular flexibility index (Phi) is 67.0. The Balaban J connectivity index is 4.03. The number of carboxylic acids is 1. The van der Waals surface area contributed by atoms with Crippen molar-refractivity contribution in [1.29, 1.82) is 0 Å². The van der Waals surface area contributed by atoms with Gasteiger partial charge in [-0.25, -0.2) is 4.79 Å². The van der Waals surface area contributed by atoms with Crippen LogP contribution in [0.4, 0.5) is 0 Å². The molecular weight excluding hydrogens is 1080 g/mol. The summed E-state index contributed by atoms with van der Waals surface area (Å²) < 4.78 is 23.0. The molecule has 0 aromatic carbocycles. The van der Waals surface area contributed by atoms with Crippen LogP contribution in [0.5, 0.6) is 0 Å². The van der Waals surface area contributed by atoms with Crippen LogP contribution in [0.25, 0.3) is 0 Å². The van der Waals surface area contributed by atoms with Gasteiger partial charge in [0.15, 0.2) is 6.10 Å². The first kappa shape index (κ1) is 84.2. The van der Waals surface area contributed by atoms with E-state index < -0.39 is 18.4 Å². The molecule has 9 nitrogen and oxygen atoms in total. The Morgan fingerprint density at radius 2 is 0.621 bits per heavy atom. The van der Waals surface area contributed by atoms with Crippen molar-refractivity contribution >= 4 is 17.9 Å². The van der Waals surface area contributed by atoms with Gasteiger partial charge < -0.3 is 28.5 Å². The van der Waals surface area contributed by atoms with Crippen LogP contribution < -0.4 is 0 Å². The van der Waals surface area contributed by atoms with E-state index in [9.17, 15) is 19.5 Å². The van der Waals surface area contributed by atoms with Crippen LogP contribution in [-0.2, 0) is 33.3 Å². The zero-order chi connectivity index (χ0) is 63.3. The second kappa shape index (κ2) is 69.1. The number of likely N-dealkylation sites (N-methyl/N-ethyl adjacent to an activating group) is 1.